The molecule has 0 spiro atoms. The van der Waals surface area contributed by atoms with Crippen molar-refractivity contribution in [2.45, 2.75) is 51.1 Å². The van der Waals surface area contributed by atoms with E-state index in [0.29, 0.717) is 11.5 Å². The molecular weight excluding hydrogens is 336 g/mol. The molecule has 1 aliphatic rings. The Labute approximate surface area is 161 Å². The number of carbonyl (C=O) groups excluding carboxylic acids is 2. The maximum absolute atomic E-state index is 12.6. The van der Waals surface area contributed by atoms with Crippen LogP contribution in [-0.4, -0.2) is 17.9 Å². The predicted molar refractivity (Wildman–Crippen MR) is 107 cm³/mol. The van der Waals surface area contributed by atoms with Gasteiger partial charge in [0.2, 0.25) is 5.91 Å². The van der Waals surface area contributed by atoms with Gasteiger partial charge in [-0.25, -0.2) is 0 Å². The van der Waals surface area contributed by atoms with Gasteiger partial charge >= 0.3 is 0 Å². The lowest BCUT2D eigenvalue weighted by atomic mass is 9.91. The fourth-order valence-electron chi connectivity index (χ4n) is 3.88. The number of carbonyl (C=O) groups is 2. The highest BCUT2D eigenvalue weighted by molar-refractivity contribution is 5.94. The molecule has 0 bridgehead atoms. The molecule has 2 N–H and O–H groups in total. The van der Waals surface area contributed by atoms with Crippen LogP contribution in [0.25, 0.3) is 0 Å². The van der Waals surface area contributed by atoms with Crippen LogP contribution in [0.5, 0.6) is 0 Å². The second-order valence-electron chi connectivity index (χ2n) is 7.45. The van der Waals surface area contributed by atoms with Crippen LogP contribution in [0.2, 0.25) is 0 Å². The summed E-state index contributed by atoms with van der Waals surface area (Å²) in [5, 5.41) is 6.14. The van der Waals surface area contributed by atoms with Gasteiger partial charge in [0, 0.05) is 18.0 Å². The van der Waals surface area contributed by atoms with Gasteiger partial charge in [-0.2, -0.15) is 0 Å². The maximum atomic E-state index is 12.6. The molecule has 2 atom stereocenters. The van der Waals surface area contributed by atoms with E-state index in [0.717, 1.165) is 12.8 Å². The normalized spacial score (nSPS) is 16.5. The first-order chi connectivity index (χ1) is 13.1. The van der Waals surface area contributed by atoms with E-state index in [1.807, 2.05) is 43.3 Å². The number of benzene rings is 2. The molecule has 0 radical (unpaired) electrons. The Bertz CT molecular complexity index is 739. The summed E-state index contributed by atoms with van der Waals surface area (Å²) >= 11 is 0. The van der Waals surface area contributed by atoms with E-state index in [4.69, 9.17) is 0 Å². The van der Waals surface area contributed by atoms with Crippen LogP contribution in [0.1, 0.15) is 61.0 Å². The van der Waals surface area contributed by atoms with Crippen LogP contribution in [0.3, 0.4) is 0 Å². The summed E-state index contributed by atoms with van der Waals surface area (Å²) in [7, 11) is 0. The number of hydrogen-bond donors (Lipinski definition) is 2. The summed E-state index contributed by atoms with van der Waals surface area (Å²) in [4.78, 5) is 24.9. The Kier molecular flexibility index (Phi) is 6.64. The quantitative estimate of drug-likeness (QED) is 0.772. The molecule has 2 amide bonds. The van der Waals surface area contributed by atoms with Crippen molar-refractivity contribution >= 4 is 11.8 Å². The molecule has 2 aromatic rings. The van der Waals surface area contributed by atoms with Crippen LogP contribution in [0.15, 0.2) is 60.7 Å². The van der Waals surface area contributed by atoms with Gasteiger partial charge in [-0.15, -0.1) is 0 Å². The van der Waals surface area contributed by atoms with E-state index >= 15 is 0 Å². The van der Waals surface area contributed by atoms with Crippen LogP contribution in [0.4, 0.5) is 0 Å². The molecule has 1 aliphatic carbocycles. The van der Waals surface area contributed by atoms with Crippen molar-refractivity contribution in [3.8, 4) is 0 Å². The lowest BCUT2D eigenvalue weighted by Gasteiger charge is -2.26. The molecule has 4 nitrogen and oxygen atoms in total. The van der Waals surface area contributed by atoms with E-state index < -0.39 is 0 Å². The zero-order valence-corrected chi connectivity index (χ0v) is 15.9. The van der Waals surface area contributed by atoms with Crippen LogP contribution in [-0.2, 0) is 4.79 Å². The van der Waals surface area contributed by atoms with Crippen molar-refractivity contribution in [1.82, 2.24) is 10.6 Å². The minimum Gasteiger partial charge on any atom is -0.349 e. The summed E-state index contributed by atoms with van der Waals surface area (Å²) in [5.41, 5.74) is 1.77. The van der Waals surface area contributed by atoms with Gasteiger partial charge in [0.25, 0.3) is 5.91 Å². The molecule has 1 fully saturated rings. The maximum Gasteiger partial charge on any atom is 0.251 e. The molecule has 4 heteroatoms. The summed E-state index contributed by atoms with van der Waals surface area (Å²) in [6.45, 7) is 1.87. The third-order valence-corrected chi connectivity index (χ3v) is 5.25. The average Bonchev–Trinajstić information content (AvgIpc) is 3.22. The van der Waals surface area contributed by atoms with Gasteiger partial charge < -0.3 is 10.6 Å². The van der Waals surface area contributed by atoms with Crippen molar-refractivity contribution in [3.63, 3.8) is 0 Å². The molecule has 0 aliphatic heterocycles. The van der Waals surface area contributed by atoms with E-state index in [1.165, 1.54) is 18.4 Å². The monoisotopic (exact) mass is 364 g/mol. The molecule has 142 valence electrons. The predicted octanol–water partition coefficient (Wildman–Crippen LogP) is 4.24. The van der Waals surface area contributed by atoms with E-state index in [9.17, 15) is 9.59 Å². The van der Waals surface area contributed by atoms with Crippen molar-refractivity contribution in [1.29, 1.82) is 0 Å². The molecule has 2 aromatic carbocycles. The van der Waals surface area contributed by atoms with Crippen molar-refractivity contribution in [3.05, 3.63) is 71.8 Å². The molecule has 0 aromatic heterocycles. The molecule has 0 heterocycles. The van der Waals surface area contributed by atoms with Gasteiger partial charge in [-0.3, -0.25) is 9.59 Å². The van der Waals surface area contributed by atoms with Crippen LogP contribution < -0.4 is 10.6 Å². The van der Waals surface area contributed by atoms with E-state index in [-0.39, 0.29) is 30.3 Å². The first-order valence-corrected chi connectivity index (χ1v) is 9.83. The topological polar surface area (TPSA) is 58.2 Å². The third kappa shape index (κ3) is 5.43. The third-order valence-electron chi connectivity index (χ3n) is 5.25. The first-order valence-electron chi connectivity index (χ1n) is 9.83. The highest BCUT2D eigenvalue weighted by atomic mass is 16.2. The fraction of sp³-hybridized carbons (Fsp3) is 0.391. The SMILES string of the molecule is C[C@H](CC(=O)N[C@H](c1ccccc1)C1CCCC1)NC(=O)c1ccccc1. The minimum absolute atomic E-state index is 0.0170. The lowest BCUT2D eigenvalue weighted by molar-refractivity contribution is -0.122. The molecule has 3 rings (SSSR count). The van der Waals surface area contributed by atoms with Gasteiger partial charge in [0.05, 0.1) is 6.04 Å². The largest absolute Gasteiger partial charge is 0.349 e. The van der Waals surface area contributed by atoms with Crippen LogP contribution >= 0.6 is 0 Å². The summed E-state index contributed by atoms with van der Waals surface area (Å²) in [5.74, 6) is 0.327. The average molecular weight is 364 g/mol. The van der Waals surface area contributed by atoms with Gasteiger partial charge in [0.1, 0.15) is 0 Å². The highest BCUT2D eigenvalue weighted by Crippen LogP contribution is 2.35. The molecular formula is C23H28N2O2. The Morgan fingerprint density at radius 3 is 2.15 bits per heavy atom. The summed E-state index contributed by atoms with van der Waals surface area (Å²) < 4.78 is 0. The smallest absolute Gasteiger partial charge is 0.251 e. The van der Waals surface area contributed by atoms with E-state index in [2.05, 4.69) is 22.8 Å². The Morgan fingerprint density at radius 1 is 0.926 bits per heavy atom. The number of nitrogens with one attached hydrogen (secondary N) is 2. The minimum atomic E-state index is -0.224. The summed E-state index contributed by atoms with van der Waals surface area (Å²) in [6.07, 6.45) is 5.04. The molecule has 1 saturated carbocycles. The van der Waals surface area contributed by atoms with Crippen molar-refractivity contribution in [2.75, 3.05) is 0 Å². The number of hydrogen-bond acceptors (Lipinski definition) is 2. The standard InChI is InChI=1S/C23H28N2O2/c1-17(24-23(27)20-14-6-3-7-15-20)16-21(26)25-22(19-12-8-9-13-19)18-10-4-2-5-11-18/h2-7,10-11,14-15,17,19,22H,8-9,12-13,16H2,1H3,(H,24,27)(H,25,26)/t17-,22-/m1/s1. The first kappa shape index (κ1) is 19.2. The second kappa shape index (κ2) is 9.36. The Balaban J connectivity index is 1.58. The molecule has 0 saturated heterocycles. The zero-order chi connectivity index (χ0) is 19.1. The highest BCUT2D eigenvalue weighted by Gasteiger charge is 2.28. The lowest BCUT2D eigenvalue weighted by Crippen LogP contribution is -2.39. The molecule has 0 unspecified atom stereocenters. The Hall–Kier alpha value is -2.62. The van der Waals surface area contributed by atoms with E-state index in [1.54, 1.807) is 12.1 Å². The second-order valence-corrected chi connectivity index (χ2v) is 7.45. The molecule has 27 heavy (non-hydrogen) atoms. The Morgan fingerprint density at radius 2 is 1.52 bits per heavy atom. The van der Waals surface area contributed by atoms with Crippen molar-refractivity contribution < 1.29 is 9.59 Å². The van der Waals surface area contributed by atoms with Crippen molar-refractivity contribution in [2.24, 2.45) is 5.92 Å². The number of amides is 2. The van der Waals surface area contributed by atoms with Gasteiger partial charge in [-0.1, -0.05) is 61.4 Å². The summed E-state index contributed by atoms with van der Waals surface area (Å²) in [6, 6.07) is 19.1. The number of rotatable bonds is 7. The fourth-order valence-corrected chi connectivity index (χ4v) is 3.88. The zero-order valence-electron chi connectivity index (χ0n) is 15.9. The van der Waals surface area contributed by atoms with Gasteiger partial charge in [-0.05, 0) is 43.4 Å². The van der Waals surface area contributed by atoms with Gasteiger partial charge in [0.15, 0.2) is 0 Å². The van der Waals surface area contributed by atoms with Crippen LogP contribution in [0, 0.1) is 5.92 Å².